The van der Waals surface area contributed by atoms with E-state index in [1.807, 2.05) is 42.3 Å². The van der Waals surface area contributed by atoms with Crippen molar-refractivity contribution in [1.82, 2.24) is 14.9 Å². The Morgan fingerprint density at radius 3 is 2.44 bits per heavy atom. The number of amides is 1. The Morgan fingerprint density at radius 1 is 0.972 bits per heavy atom. The van der Waals surface area contributed by atoms with E-state index in [0.29, 0.717) is 36.8 Å². The van der Waals surface area contributed by atoms with Crippen molar-refractivity contribution in [2.24, 2.45) is 0 Å². The number of nitrogens with zero attached hydrogens (tertiary/aromatic N) is 4. The quantitative estimate of drug-likeness (QED) is 0.366. The highest BCUT2D eigenvalue weighted by atomic mass is 19.1. The Hall–Kier alpha value is -4.33. The first-order valence-corrected chi connectivity index (χ1v) is 11.6. The normalized spacial score (nSPS) is 12.7. The Balaban J connectivity index is 1.48. The molecule has 0 aliphatic carbocycles. The number of carbonyl (C=O) groups is 1. The summed E-state index contributed by atoms with van der Waals surface area (Å²) in [4.78, 5) is 26.0. The van der Waals surface area contributed by atoms with Crippen molar-refractivity contribution in [3.63, 3.8) is 0 Å². The monoisotopic (exact) mass is 486 g/mol. The lowest BCUT2D eigenvalue weighted by Crippen LogP contribution is -2.37. The molecular weight excluding hydrogens is 462 g/mol. The highest BCUT2D eigenvalue weighted by molar-refractivity contribution is 5.94. The summed E-state index contributed by atoms with van der Waals surface area (Å²) >= 11 is 0. The Morgan fingerprint density at radius 2 is 1.69 bits per heavy atom. The van der Waals surface area contributed by atoms with E-state index in [1.54, 1.807) is 17.0 Å². The standard InChI is InChI=1S/C28H24F2N4O2/c1-33(17-19-7-3-2-4-8-19)28-31-25-15-16-34(27(35)22-9-5-6-10-24(22)30)18-23(25)26(32-28)36-21-13-11-20(29)12-14-21/h2-14H,15-18H2,1H3. The fourth-order valence-electron chi connectivity index (χ4n) is 4.15. The highest BCUT2D eigenvalue weighted by Crippen LogP contribution is 2.32. The van der Waals surface area contributed by atoms with Gasteiger partial charge in [0.1, 0.15) is 17.4 Å². The third-order valence-corrected chi connectivity index (χ3v) is 6.03. The number of fused-ring (bicyclic) bond motifs is 1. The van der Waals surface area contributed by atoms with Crippen LogP contribution in [-0.4, -0.2) is 34.4 Å². The van der Waals surface area contributed by atoms with Crippen LogP contribution >= 0.6 is 0 Å². The van der Waals surface area contributed by atoms with Crippen molar-refractivity contribution in [2.75, 3.05) is 18.5 Å². The molecule has 0 spiro atoms. The van der Waals surface area contributed by atoms with E-state index in [-0.39, 0.29) is 23.8 Å². The number of carbonyl (C=O) groups excluding carboxylic acids is 1. The van der Waals surface area contributed by atoms with Gasteiger partial charge in [-0.3, -0.25) is 4.79 Å². The van der Waals surface area contributed by atoms with E-state index in [0.717, 1.165) is 11.3 Å². The van der Waals surface area contributed by atoms with E-state index in [9.17, 15) is 13.6 Å². The lowest BCUT2D eigenvalue weighted by Gasteiger charge is -2.30. The maximum Gasteiger partial charge on any atom is 0.257 e. The molecule has 1 aliphatic heterocycles. The second kappa shape index (κ2) is 10.1. The summed E-state index contributed by atoms with van der Waals surface area (Å²) in [6.07, 6.45) is 0.462. The molecule has 6 nitrogen and oxygen atoms in total. The summed E-state index contributed by atoms with van der Waals surface area (Å²) < 4.78 is 33.8. The molecule has 0 saturated carbocycles. The number of aromatic nitrogens is 2. The zero-order chi connectivity index (χ0) is 25.1. The van der Waals surface area contributed by atoms with Crippen LogP contribution in [0, 0.1) is 11.6 Å². The number of ether oxygens (including phenoxy) is 1. The van der Waals surface area contributed by atoms with Crippen LogP contribution in [0.25, 0.3) is 0 Å². The van der Waals surface area contributed by atoms with Gasteiger partial charge in [-0.15, -0.1) is 0 Å². The Bertz CT molecular complexity index is 1380. The fourth-order valence-corrected chi connectivity index (χ4v) is 4.15. The summed E-state index contributed by atoms with van der Waals surface area (Å²) in [5.41, 5.74) is 2.52. The highest BCUT2D eigenvalue weighted by Gasteiger charge is 2.29. The molecule has 8 heteroatoms. The molecule has 1 aliphatic rings. The number of hydrogen-bond acceptors (Lipinski definition) is 5. The van der Waals surface area contributed by atoms with E-state index < -0.39 is 11.7 Å². The zero-order valence-electron chi connectivity index (χ0n) is 19.7. The molecule has 36 heavy (non-hydrogen) atoms. The Labute approximate surface area is 207 Å². The van der Waals surface area contributed by atoms with Crippen molar-refractivity contribution in [3.05, 3.63) is 113 Å². The van der Waals surface area contributed by atoms with Crippen LogP contribution in [0.2, 0.25) is 0 Å². The fraction of sp³-hybridized carbons (Fsp3) is 0.179. The first-order valence-electron chi connectivity index (χ1n) is 11.6. The molecule has 5 rings (SSSR count). The smallest absolute Gasteiger partial charge is 0.257 e. The van der Waals surface area contributed by atoms with E-state index in [1.165, 1.54) is 36.4 Å². The summed E-state index contributed by atoms with van der Waals surface area (Å²) in [6, 6.07) is 21.5. The minimum atomic E-state index is -0.565. The van der Waals surface area contributed by atoms with Gasteiger partial charge in [0, 0.05) is 26.6 Å². The van der Waals surface area contributed by atoms with Crippen molar-refractivity contribution < 1.29 is 18.3 Å². The maximum absolute atomic E-state index is 14.3. The number of benzene rings is 3. The average Bonchev–Trinajstić information content (AvgIpc) is 2.90. The molecule has 182 valence electrons. The van der Waals surface area contributed by atoms with Crippen LogP contribution in [0.5, 0.6) is 11.6 Å². The van der Waals surface area contributed by atoms with Gasteiger partial charge in [0.2, 0.25) is 11.8 Å². The second-order valence-electron chi connectivity index (χ2n) is 8.61. The molecule has 0 fully saturated rings. The number of rotatable bonds is 6. The molecule has 3 aromatic carbocycles. The van der Waals surface area contributed by atoms with Gasteiger partial charge in [0.15, 0.2) is 0 Å². The predicted octanol–water partition coefficient (Wildman–Crippen LogP) is 5.38. The molecule has 0 radical (unpaired) electrons. The number of anilines is 1. The van der Waals surface area contributed by atoms with E-state index in [4.69, 9.17) is 9.72 Å². The van der Waals surface area contributed by atoms with Crippen molar-refractivity contribution in [3.8, 4) is 11.6 Å². The average molecular weight is 487 g/mol. The minimum absolute atomic E-state index is 0.0158. The summed E-state index contributed by atoms with van der Waals surface area (Å²) in [6.45, 7) is 1.14. The minimum Gasteiger partial charge on any atom is -0.438 e. The second-order valence-corrected chi connectivity index (χ2v) is 8.61. The third kappa shape index (κ3) is 5.02. The van der Waals surface area contributed by atoms with Crippen LogP contribution in [0.1, 0.15) is 27.2 Å². The lowest BCUT2D eigenvalue weighted by atomic mass is 10.0. The van der Waals surface area contributed by atoms with Gasteiger partial charge >= 0.3 is 0 Å². The van der Waals surface area contributed by atoms with Gasteiger partial charge in [0.25, 0.3) is 5.91 Å². The van der Waals surface area contributed by atoms with Crippen LogP contribution in [0.3, 0.4) is 0 Å². The Kier molecular flexibility index (Phi) is 6.58. The van der Waals surface area contributed by atoms with Gasteiger partial charge in [-0.2, -0.15) is 4.98 Å². The SMILES string of the molecule is CN(Cc1ccccc1)c1nc2c(c(Oc3ccc(F)cc3)n1)CN(C(=O)c1ccccc1F)CC2. The van der Waals surface area contributed by atoms with Gasteiger partial charge in [0.05, 0.1) is 23.4 Å². The van der Waals surface area contributed by atoms with Gasteiger partial charge in [-0.1, -0.05) is 42.5 Å². The lowest BCUT2D eigenvalue weighted by molar-refractivity contribution is 0.0727. The molecule has 0 unspecified atom stereocenters. The van der Waals surface area contributed by atoms with E-state index >= 15 is 0 Å². The van der Waals surface area contributed by atoms with Crippen LogP contribution in [-0.2, 0) is 19.5 Å². The summed E-state index contributed by atoms with van der Waals surface area (Å²) in [7, 11) is 1.90. The molecule has 1 amide bonds. The summed E-state index contributed by atoms with van der Waals surface area (Å²) in [5.74, 6) is -0.179. The van der Waals surface area contributed by atoms with Crippen molar-refractivity contribution in [1.29, 1.82) is 0 Å². The summed E-state index contributed by atoms with van der Waals surface area (Å²) in [5, 5.41) is 0. The maximum atomic E-state index is 14.3. The molecule has 2 heterocycles. The van der Waals surface area contributed by atoms with Gasteiger partial charge in [-0.05, 0) is 42.0 Å². The number of hydrogen-bond donors (Lipinski definition) is 0. The molecular formula is C28H24F2N4O2. The molecule has 0 N–H and O–H groups in total. The largest absolute Gasteiger partial charge is 0.438 e. The van der Waals surface area contributed by atoms with Crippen LogP contribution in [0.4, 0.5) is 14.7 Å². The molecule has 0 saturated heterocycles. The van der Waals surface area contributed by atoms with Gasteiger partial charge in [-0.25, -0.2) is 13.8 Å². The van der Waals surface area contributed by atoms with Gasteiger partial charge < -0.3 is 14.5 Å². The zero-order valence-corrected chi connectivity index (χ0v) is 19.7. The third-order valence-electron chi connectivity index (χ3n) is 6.03. The van der Waals surface area contributed by atoms with Crippen LogP contribution < -0.4 is 9.64 Å². The molecule has 1 aromatic heterocycles. The van der Waals surface area contributed by atoms with Crippen LogP contribution in [0.15, 0.2) is 78.9 Å². The first kappa shape index (κ1) is 23.4. The molecule has 4 aromatic rings. The first-order chi connectivity index (χ1) is 17.5. The predicted molar refractivity (Wildman–Crippen MR) is 132 cm³/mol. The topological polar surface area (TPSA) is 58.6 Å². The van der Waals surface area contributed by atoms with Crippen molar-refractivity contribution >= 4 is 11.9 Å². The van der Waals surface area contributed by atoms with E-state index in [2.05, 4.69) is 4.98 Å². The van der Waals surface area contributed by atoms with Crippen molar-refractivity contribution in [2.45, 2.75) is 19.5 Å². The molecule has 0 bridgehead atoms. The number of halogens is 2. The molecule has 0 atom stereocenters.